The summed E-state index contributed by atoms with van der Waals surface area (Å²) >= 11 is 0. The molecular formula is C21H36BN3O6S. The maximum Gasteiger partial charge on any atom is 0.451 e. The Bertz CT molecular complexity index is 828. The molecule has 1 heterocycles. The molecule has 0 bridgehead atoms. The van der Waals surface area contributed by atoms with Gasteiger partial charge in [0, 0.05) is 39.0 Å². The van der Waals surface area contributed by atoms with Crippen LogP contribution in [0.5, 0.6) is 0 Å². The van der Waals surface area contributed by atoms with E-state index in [4.69, 9.17) is 15.8 Å². The summed E-state index contributed by atoms with van der Waals surface area (Å²) in [6.07, 6.45) is 3.90. The molecule has 0 radical (unpaired) electrons. The molecule has 32 heavy (non-hydrogen) atoms. The van der Waals surface area contributed by atoms with Crippen molar-refractivity contribution >= 4 is 22.9 Å². The number of benzene rings is 1. The number of rotatable bonds is 13. The van der Waals surface area contributed by atoms with Gasteiger partial charge in [0.15, 0.2) is 9.84 Å². The van der Waals surface area contributed by atoms with E-state index < -0.39 is 28.5 Å². The monoisotopic (exact) mass is 469 g/mol. The molecule has 180 valence electrons. The fraction of sp³-hybridized carbons (Fsp3) is 0.667. The average Bonchev–Trinajstić information content (AvgIpc) is 2.72. The van der Waals surface area contributed by atoms with Gasteiger partial charge in [-0.2, -0.15) is 0 Å². The van der Waals surface area contributed by atoms with Gasteiger partial charge in [-0.3, -0.25) is 9.69 Å². The van der Waals surface area contributed by atoms with E-state index >= 15 is 0 Å². The number of carbonyl (C=O) groups is 1. The molecule has 0 amide bonds. The molecule has 1 aliphatic rings. The van der Waals surface area contributed by atoms with E-state index in [-0.39, 0.29) is 6.32 Å². The third-order valence-corrected chi connectivity index (χ3v) is 7.21. The van der Waals surface area contributed by atoms with E-state index in [1.165, 1.54) is 6.26 Å². The van der Waals surface area contributed by atoms with Crippen molar-refractivity contribution in [3.63, 3.8) is 0 Å². The third kappa shape index (κ3) is 8.80. The molecule has 1 unspecified atom stereocenters. The minimum Gasteiger partial charge on any atom is -0.480 e. The predicted molar refractivity (Wildman–Crippen MR) is 124 cm³/mol. The van der Waals surface area contributed by atoms with Crippen LogP contribution in [0.4, 0.5) is 0 Å². The van der Waals surface area contributed by atoms with E-state index in [0.717, 1.165) is 44.8 Å². The zero-order valence-corrected chi connectivity index (χ0v) is 19.6. The van der Waals surface area contributed by atoms with Gasteiger partial charge in [-0.25, -0.2) is 8.42 Å². The zero-order chi connectivity index (χ0) is 23.8. The van der Waals surface area contributed by atoms with E-state index in [9.17, 15) is 18.3 Å². The first-order valence-electron chi connectivity index (χ1n) is 11.1. The molecule has 0 saturated carbocycles. The highest BCUT2D eigenvalue weighted by Gasteiger charge is 2.33. The van der Waals surface area contributed by atoms with Gasteiger partial charge in [-0.05, 0) is 49.8 Å². The number of piperazine rings is 1. The first-order valence-corrected chi connectivity index (χ1v) is 13.0. The summed E-state index contributed by atoms with van der Waals surface area (Å²) in [7, 11) is -4.54. The van der Waals surface area contributed by atoms with Crippen molar-refractivity contribution in [3.05, 3.63) is 29.8 Å². The molecule has 11 heteroatoms. The van der Waals surface area contributed by atoms with Gasteiger partial charge >= 0.3 is 13.1 Å². The van der Waals surface area contributed by atoms with Crippen molar-refractivity contribution in [1.29, 1.82) is 0 Å². The first-order chi connectivity index (χ1) is 15.0. The van der Waals surface area contributed by atoms with Gasteiger partial charge in [-0.1, -0.05) is 25.0 Å². The Kier molecular flexibility index (Phi) is 10.1. The van der Waals surface area contributed by atoms with Crippen LogP contribution in [0, 0.1) is 0 Å². The Balaban J connectivity index is 1.71. The fourth-order valence-electron chi connectivity index (χ4n) is 4.00. The highest BCUT2D eigenvalue weighted by molar-refractivity contribution is 7.90. The summed E-state index contributed by atoms with van der Waals surface area (Å²) in [6, 6.07) is 7.01. The normalized spacial score (nSPS) is 17.8. The summed E-state index contributed by atoms with van der Waals surface area (Å²) in [5, 5.41) is 27.3. The van der Waals surface area contributed by atoms with E-state index in [1.54, 1.807) is 12.1 Å². The molecule has 2 rings (SSSR count). The van der Waals surface area contributed by atoms with Crippen molar-refractivity contribution < 1.29 is 28.4 Å². The quantitative estimate of drug-likeness (QED) is 0.239. The molecule has 1 aliphatic heterocycles. The van der Waals surface area contributed by atoms with Crippen LogP contribution in [-0.4, -0.2) is 91.0 Å². The van der Waals surface area contributed by atoms with Gasteiger partial charge in [0.05, 0.1) is 4.90 Å². The molecule has 1 saturated heterocycles. The van der Waals surface area contributed by atoms with Crippen LogP contribution in [0.1, 0.15) is 37.7 Å². The summed E-state index contributed by atoms with van der Waals surface area (Å²) in [4.78, 5) is 16.6. The number of aliphatic carboxylic acids is 1. The van der Waals surface area contributed by atoms with Gasteiger partial charge < -0.3 is 25.8 Å². The summed E-state index contributed by atoms with van der Waals surface area (Å²) in [5.74, 6) is -1.01. The second-order valence-corrected chi connectivity index (χ2v) is 10.8. The van der Waals surface area contributed by atoms with Crippen molar-refractivity contribution in [2.45, 2.75) is 55.4 Å². The van der Waals surface area contributed by atoms with Crippen molar-refractivity contribution in [3.8, 4) is 0 Å². The van der Waals surface area contributed by atoms with Gasteiger partial charge in [-0.15, -0.1) is 0 Å². The van der Waals surface area contributed by atoms with Crippen LogP contribution in [0.25, 0.3) is 0 Å². The third-order valence-electron chi connectivity index (χ3n) is 6.08. The van der Waals surface area contributed by atoms with Crippen LogP contribution < -0.4 is 5.73 Å². The number of sulfone groups is 1. The minimum atomic E-state index is -3.18. The van der Waals surface area contributed by atoms with E-state index in [2.05, 4.69) is 9.80 Å². The van der Waals surface area contributed by atoms with Crippen LogP contribution in [0.2, 0.25) is 6.32 Å². The molecule has 9 nitrogen and oxygen atoms in total. The standard InChI is InChI=1S/C21H36BN3O6S/c1-32(30,31)19-7-5-18(6-8-19)17-25-15-13-24(14-16-25)12-4-10-21(23,20(26)27)9-2-3-11-22(28)29/h5-8,28-29H,2-4,9-17,23H2,1H3,(H,26,27). The summed E-state index contributed by atoms with van der Waals surface area (Å²) in [6.45, 7) is 5.12. The number of carboxylic acid groups (broad SMARTS) is 1. The predicted octanol–water partition coefficient (Wildman–Crippen LogP) is 0.413. The van der Waals surface area contributed by atoms with Crippen molar-refractivity contribution in [2.75, 3.05) is 39.0 Å². The Hall–Kier alpha value is -1.50. The number of carboxylic acids is 1. The number of nitrogens with two attached hydrogens (primary N) is 1. The molecular weight excluding hydrogens is 433 g/mol. The lowest BCUT2D eigenvalue weighted by Gasteiger charge is -2.35. The summed E-state index contributed by atoms with van der Waals surface area (Å²) in [5.41, 5.74) is 5.93. The Morgan fingerprint density at radius 1 is 1.03 bits per heavy atom. The lowest BCUT2D eigenvalue weighted by Crippen LogP contribution is -2.49. The van der Waals surface area contributed by atoms with Crippen molar-refractivity contribution in [1.82, 2.24) is 9.80 Å². The van der Waals surface area contributed by atoms with Gasteiger partial charge in [0.2, 0.25) is 0 Å². The Labute approximate surface area is 191 Å². The van der Waals surface area contributed by atoms with Crippen LogP contribution in [-0.2, 0) is 21.2 Å². The number of hydrogen-bond donors (Lipinski definition) is 4. The van der Waals surface area contributed by atoms with Crippen LogP contribution in [0.3, 0.4) is 0 Å². The van der Waals surface area contributed by atoms with Crippen LogP contribution in [0.15, 0.2) is 29.2 Å². The van der Waals surface area contributed by atoms with Crippen molar-refractivity contribution in [2.24, 2.45) is 5.73 Å². The zero-order valence-electron chi connectivity index (χ0n) is 18.8. The molecule has 1 aromatic rings. The average molecular weight is 469 g/mol. The lowest BCUT2D eigenvalue weighted by atomic mass is 9.81. The highest BCUT2D eigenvalue weighted by Crippen LogP contribution is 2.20. The van der Waals surface area contributed by atoms with Gasteiger partial charge in [0.1, 0.15) is 5.54 Å². The SMILES string of the molecule is CS(=O)(=O)c1ccc(CN2CCN(CCCC(N)(CCCCB(O)O)C(=O)O)CC2)cc1. The minimum absolute atomic E-state index is 0.224. The molecule has 0 spiro atoms. The number of unbranched alkanes of at least 4 members (excludes halogenated alkanes) is 1. The number of nitrogens with zero attached hydrogens (tertiary/aromatic N) is 2. The molecule has 0 aliphatic carbocycles. The van der Waals surface area contributed by atoms with Crippen LogP contribution >= 0.6 is 0 Å². The highest BCUT2D eigenvalue weighted by atomic mass is 32.2. The Morgan fingerprint density at radius 3 is 2.12 bits per heavy atom. The first kappa shape index (κ1) is 26.8. The molecule has 1 fully saturated rings. The second-order valence-electron chi connectivity index (χ2n) is 8.83. The maximum atomic E-state index is 11.6. The molecule has 5 N–H and O–H groups in total. The summed E-state index contributed by atoms with van der Waals surface area (Å²) < 4.78 is 23.1. The maximum absolute atomic E-state index is 11.6. The molecule has 0 aromatic heterocycles. The smallest absolute Gasteiger partial charge is 0.451 e. The largest absolute Gasteiger partial charge is 0.480 e. The fourth-order valence-corrected chi connectivity index (χ4v) is 4.63. The second kappa shape index (κ2) is 12.1. The Morgan fingerprint density at radius 2 is 1.59 bits per heavy atom. The lowest BCUT2D eigenvalue weighted by molar-refractivity contribution is -0.144. The topological polar surface area (TPSA) is 144 Å². The van der Waals surface area contributed by atoms with Gasteiger partial charge in [0.25, 0.3) is 0 Å². The molecule has 1 aromatic carbocycles. The molecule has 1 atom stereocenters. The van der Waals surface area contributed by atoms with E-state index in [1.807, 2.05) is 12.1 Å². The van der Waals surface area contributed by atoms with E-state index in [0.29, 0.717) is 37.0 Å². The number of hydrogen-bond acceptors (Lipinski definition) is 8.